The number of hydrogen-bond acceptors (Lipinski definition) is 8. The molecule has 0 bridgehead atoms. The van der Waals surface area contributed by atoms with Crippen molar-refractivity contribution in [2.24, 2.45) is 9.50 Å². The Kier molecular flexibility index (Phi) is 7.96. The van der Waals surface area contributed by atoms with Crippen molar-refractivity contribution in [2.45, 2.75) is 11.8 Å². The molecule has 4 rings (SSSR count). The maximum atomic E-state index is 12.6. The van der Waals surface area contributed by atoms with Gasteiger partial charge in [-0.05, 0) is 42.8 Å². The van der Waals surface area contributed by atoms with Crippen molar-refractivity contribution in [3.8, 4) is 11.5 Å². The average molecular weight is 495 g/mol. The van der Waals surface area contributed by atoms with E-state index >= 15 is 0 Å². The van der Waals surface area contributed by atoms with Crippen molar-refractivity contribution >= 4 is 34.5 Å². The molecule has 2 aromatic rings. The average Bonchev–Trinajstić information content (AvgIpc) is 3.05. The Balaban J connectivity index is 0.00000306. The number of aryl methyl sites for hydroxylation is 1. The summed E-state index contributed by atoms with van der Waals surface area (Å²) in [5.41, 5.74) is 2.18. The normalized spacial score (nSPS) is 17.3. The molecule has 0 unspecified atom stereocenters. The van der Waals surface area contributed by atoms with Gasteiger partial charge in [-0.1, -0.05) is 11.6 Å². The van der Waals surface area contributed by atoms with Crippen molar-refractivity contribution in [3.05, 3.63) is 53.1 Å². The summed E-state index contributed by atoms with van der Waals surface area (Å²) < 4.78 is 39.9. The summed E-state index contributed by atoms with van der Waals surface area (Å²) in [7, 11) is -2.30. The van der Waals surface area contributed by atoms with Gasteiger partial charge in [-0.15, -0.1) is 16.8 Å². The Labute approximate surface area is 199 Å². The summed E-state index contributed by atoms with van der Waals surface area (Å²) in [6.45, 7) is 6.02. The number of fused-ring (bicyclic) bond motifs is 1. The molecule has 0 atom stereocenters. The van der Waals surface area contributed by atoms with E-state index in [1.54, 1.807) is 35.5 Å². The first-order valence-corrected chi connectivity index (χ1v) is 11.8. The van der Waals surface area contributed by atoms with Gasteiger partial charge < -0.3 is 14.6 Å². The van der Waals surface area contributed by atoms with E-state index in [0.29, 0.717) is 49.0 Å². The van der Waals surface area contributed by atoms with E-state index in [0.717, 1.165) is 18.7 Å². The highest BCUT2D eigenvalue weighted by Crippen LogP contribution is 2.29. The minimum atomic E-state index is -3.77. The molecule has 33 heavy (non-hydrogen) atoms. The van der Waals surface area contributed by atoms with Crippen molar-refractivity contribution in [3.63, 3.8) is 0 Å². The van der Waals surface area contributed by atoms with Gasteiger partial charge >= 0.3 is 0 Å². The smallest absolute Gasteiger partial charge is 0.285 e. The van der Waals surface area contributed by atoms with Crippen LogP contribution >= 0.6 is 12.4 Å². The number of morpholine rings is 1. The molecule has 2 heterocycles. The first kappa shape index (κ1) is 25.0. The van der Waals surface area contributed by atoms with Crippen LogP contribution in [0.5, 0.6) is 11.5 Å². The summed E-state index contributed by atoms with van der Waals surface area (Å²) >= 11 is 0. The Morgan fingerprint density at radius 1 is 1.24 bits per heavy atom. The molecule has 0 aromatic heterocycles. The molecule has 9 nitrogen and oxygen atoms in total. The minimum absolute atomic E-state index is 0. The number of benzene rings is 2. The van der Waals surface area contributed by atoms with Crippen LogP contribution in [0.2, 0.25) is 0 Å². The van der Waals surface area contributed by atoms with Crippen LogP contribution in [-0.4, -0.2) is 82.0 Å². The lowest BCUT2D eigenvalue weighted by atomic mass is 10.1. The molecule has 2 aliphatic heterocycles. The van der Waals surface area contributed by atoms with Crippen LogP contribution in [0.25, 0.3) is 0 Å². The highest BCUT2D eigenvalue weighted by atomic mass is 35.5. The topological polar surface area (TPSA) is 104 Å². The van der Waals surface area contributed by atoms with Gasteiger partial charge in [0.2, 0.25) is 0 Å². The molecule has 1 N–H and O–H groups in total. The van der Waals surface area contributed by atoms with Crippen molar-refractivity contribution < 1.29 is 23.0 Å². The molecule has 178 valence electrons. The van der Waals surface area contributed by atoms with Gasteiger partial charge in [-0.25, -0.2) is 5.01 Å². The molecular weight excluding hydrogens is 468 g/mol. The van der Waals surface area contributed by atoms with Gasteiger partial charge in [0.15, 0.2) is 17.3 Å². The first-order chi connectivity index (χ1) is 15.4. The van der Waals surface area contributed by atoms with Gasteiger partial charge in [0.1, 0.15) is 4.90 Å². The number of rotatable bonds is 6. The van der Waals surface area contributed by atoms with E-state index in [1.165, 1.54) is 13.2 Å². The fourth-order valence-corrected chi connectivity index (χ4v) is 4.82. The number of halogens is 1. The van der Waals surface area contributed by atoms with Gasteiger partial charge in [0.05, 0.1) is 33.1 Å². The number of amidine groups is 1. The van der Waals surface area contributed by atoms with Crippen LogP contribution in [0.4, 0.5) is 0 Å². The molecule has 2 aliphatic rings. The second-order valence-corrected chi connectivity index (χ2v) is 9.22. The number of nitrogens with zero attached hydrogens (tertiary/aromatic N) is 4. The molecule has 0 radical (unpaired) electrons. The van der Waals surface area contributed by atoms with Crippen LogP contribution in [0, 0.1) is 6.92 Å². The fraction of sp³-hybridized carbons (Fsp3) is 0.364. The van der Waals surface area contributed by atoms with E-state index in [1.807, 2.05) is 13.0 Å². The van der Waals surface area contributed by atoms with Gasteiger partial charge in [-0.3, -0.25) is 4.90 Å². The third-order valence-electron chi connectivity index (χ3n) is 5.39. The second-order valence-electron chi connectivity index (χ2n) is 7.64. The Morgan fingerprint density at radius 3 is 2.73 bits per heavy atom. The maximum absolute atomic E-state index is 12.6. The lowest BCUT2D eigenvalue weighted by Crippen LogP contribution is -2.41. The largest absolute Gasteiger partial charge is 0.504 e. The lowest BCUT2D eigenvalue weighted by molar-refractivity contribution is 0.0360. The first-order valence-electron chi connectivity index (χ1n) is 10.3. The standard InChI is InChI=1S/C22H26N4O5S.ClH/c1-16-3-6-21-18(13-16)22(24-32(21,28)29)26(8-7-25-9-11-31-12-10-25)23-15-17-4-5-19(27)20(14-17)30-2;/h3-6,13-15,27H,7-12H2,1-2H3;1H. The highest BCUT2D eigenvalue weighted by molar-refractivity contribution is 7.90. The number of hydrogen-bond donors (Lipinski definition) is 1. The number of methoxy groups -OCH3 is 1. The Hall–Kier alpha value is -2.66. The molecule has 0 amide bonds. The van der Waals surface area contributed by atoms with E-state index in [9.17, 15) is 13.5 Å². The lowest BCUT2D eigenvalue weighted by Gasteiger charge is -2.28. The third-order valence-corrected chi connectivity index (χ3v) is 6.71. The summed E-state index contributed by atoms with van der Waals surface area (Å²) in [6, 6.07) is 10.1. The molecule has 0 aliphatic carbocycles. The van der Waals surface area contributed by atoms with Crippen molar-refractivity contribution in [1.29, 1.82) is 0 Å². The summed E-state index contributed by atoms with van der Waals surface area (Å²) in [6.07, 6.45) is 1.60. The van der Waals surface area contributed by atoms with E-state index in [4.69, 9.17) is 9.47 Å². The SMILES string of the molecule is COc1cc(C=NN(CCN2CCOCC2)C2=NS(=O)(=O)c3ccc(C)cc32)ccc1O.Cl. The van der Waals surface area contributed by atoms with Crippen LogP contribution in [-0.2, 0) is 14.8 Å². The number of ether oxygens (including phenoxy) is 2. The molecule has 11 heteroatoms. The van der Waals surface area contributed by atoms with Crippen LogP contribution < -0.4 is 4.74 Å². The number of hydrazone groups is 1. The quantitative estimate of drug-likeness (QED) is 0.485. The monoisotopic (exact) mass is 494 g/mol. The zero-order chi connectivity index (χ0) is 22.7. The molecule has 2 aromatic carbocycles. The molecule has 0 saturated carbocycles. The van der Waals surface area contributed by atoms with Crippen LogP contribution in [0.15, 0.2) is 50.8 Å². The maximum Gasteiger partial charge on any atom is 0.285 e. The number of phenolic OH excluding ortho intramolecular Hbond substituents is 1. The Morgan fingerprint density at radius 2 is 2.00 bits per heavy atom. The Bertz CT molecular complexity index is 1160. The molecular formula is C22H27ClN4O5S. The summed E-state index contributed by atoms with van der Waals surface area (Å²) in [5, 5.41) is 16.0. The predicted molar refractivity (Wildman–Crippen MR) is 128 cm³/mol. The van der Waals surface area contributed by atoms with Crippen molar-refractivity contribution in [1.82, 2.24) is 9.91 Å². The van der Waals surface area contributed by atoms with E-state index in [2.05, 4.69) is 14.4 Å². The minimum Gasteiger partial charge on any atom is -0.504 e. The zero-order valence-corrected chi connectivity index (χ0v) is 20.1. The van der Waals surface area contributed by atoms with Gasteiger partial charge in [-0.2, -0.15) is 13.5 Å². The molecule has 1 fully saturated rings. The fourth-order valence-electron chi connectivity index (χ4n) is 3.63. The third kappa shape index (κ3) is 5.64. The highest BCUT2D eigenvalue weighted by Gasteiger charge is 2.32. The number of phenols is 1. The van der Waals surface area contributed by atoms with Gasteiger partial charge in [0, 0.05) is 25.2 Å². The van der Waals surface area contributed by atoms with E-state index in [-0.39, 0.29) is 23.1 Å². The number of aromatic hydroxyl groups is 1. The zero-order valence-electron chi connectivity index (χ0n) is 18.5. The molecule has 1 saturated heterocycles. The summed E-state index contributed by atoms with van der Waals surface area (Å²) in [4.78, 5) is 2.44. The number of sulfonamides is 1. The van der Waals surface area contributed by atoms with Crippen molar-refractivity contribution in [2.75, 3.05) is 46.5 Å². The van der Waals surface area contributed by atoms with Crippen LogP contribution in [0.1, 0.15) is 16.7 Å². The predicted octanol–water partition coefficient (Wildman–Crippen LogP) is 2.25. The van der Waals surface area contributed by atoms with Gasteiger partial charge in [0.25, 0.3) is 10.0 Å². The molecule has 0 spiro atoms. The second kappa shape index (κ2) is 10.5. The van der Waals surface area contributed by atoms with E-state index < -0.39 is 10.0 Å². The van der Waals surface area contributed by atoms with Crippen LogP contribution in [0.3, 0.4) is 0 Å². The summed E-state index contributed by atoms with van der Waals surface area (Å²) in [5.74, 6) is 0.666.